The minimum absolute atomic E-state index is 0.190. The second kappa shape index (κ2) is 2.33. The molecule has 1 heteroatoms. The predicted molar refractivity (Wildman–Crippen MR) is 54.3 cm³/mol. The summed E-state index contributed by atoms with van der Waals surface area (Å²) in [5, 5.41) is 0. The third-order valence-electron chi connectivity index (χ3n) is 2.95. The smallest absolute Gasteiger partial charge is 0.0400 e. The first kappa shape index (κ1) is 7.10. The molecule has 1 aromatic carbocycles. The van der Waals surface area contributed by atoms with E-state index in [2.05, 4.69) is 42.5 Å². The molecule has 3 rings (SSSR count). The molecule has 64 valence electrons. The van der Waals surface area contributed by atoms with Gasteiger partial charge >= 0.3 is 0 Å². The molecule has 0 fully saturated rings. The quantitative estimate of drug-likeness (QED) is 0.632. The fraction of sp³-hybridized carbons (Fsp3) is 0.167. The van der Waals surface area contributed by atoms with Gasteiger partial charge in [-0.05, 0) is 22.8 Å². The van der Waals surface area contributed by atoms with Crippen LogP contribution in [0.15, 0.2) is 42.0 Å². The lowest BCUT2D eigenvalue weighted by atomic mass is 9.85. The van der Waals surface area contributed by atoms with Gasteiger partial charge in [0.2, 0.25) is 0 Å². The van der Waals surface area contributed by atoms with Gasteiger partial charge in [-0.15, -0.1) is 0 Å². The zero-order chi connectivity index (χ0) is 8.84. The number of hydrogen-bond donors (Lipinski definition) is 1. The standard InChI is InChI=1S/C12H11N/c13-12-9-5-6-11(12)10-4-2-1-3-8(10)7-9/h1-7,11-12H,13H2. The Labute approximate surface area is 77.6 Å². The molecule has 0 aliphatic heterocycles. The fourth-order valence-corrected chi connectivity index (χ4v) is 2.22. The van der Waals surface area contributed by atoms with Crippen LogP contribution in [0.4, 0.5) is 0 Å². The molecule has 2 bridgehead atoms. The van der Waals surface area contributed by atoms with Crippen molar-refractivity contribution in [3.8, 4) is 0 Å². The Balaban J connectivity index is 2.28. The molecule has 1 aromatic rings. The van der Waals surface area contributed by atoms with Gasteiger partial charge in [0.25, 0.3) is 0 Å². The molecule has 2 unspecified atom stereocenters. The normalized spacial score (nSPS) is 28.5. The molecule has 2 atom stereocenters. The van der Waals surface area contributed by atoms with E-state index in [4.69, 9.17) is 5.73 Å². The summed E-state index contributed by atoms with van der Waals surface area (Å²) in [6.07, 6.45) is 6.55. The molecule has 0 heterocycles. The molecular formula is C12H11N. The Bertz CT molecular complexity index is 415. The van der Waals surface area contributed by atoms with E-state index >= 15 is 0 Å². The second-order valence-corrected chi connectivity index (χ2v) is 3.68. The van der Waals surface area contributed by atoms with Crippen molar-refractivity contribution in [2.24, 2.45) is 5.73 Å². The van der Waals surface area contributed by atoms with Crippen LogP contribution >= 0.6 is 0 Å². The predicted octanol–water partition coefficient (Wildman–Crippen LogP) is 2.06. The summed E-state index contributed by atoms with van der Waals surface area (Å²) in [4.78, 5) is 0. The molecule has 1 nitrogen and oxygen atoms in total. The third kappa shape index (κ3) is 0.850. The van der Waals surface area contributed by atoms with Gasteiger partial charge in [0.15, 0.2) is 0 Å². The van der Waals surface area contributed by atoms with Crippen LogP contribution in [0.3, 0.4) is 0 Å². The van der Waals surface area contributed by atoms with E-state index in [9.17, 15) is 0 Å². The first-order valence-corrected chi connectivity index (χ1v) is 4.60. The van der Waals surface area contributed by atoms with Gasteiger partial charge in [-0.1, -0.05) is 36.4 Å². The maximum atomic E-state index is 6.07. The molecule has 0 saturated carbocycles. The zero-order valence-electron chi connectivity index (χ0n) is 7.27. The lowest BCUT2D eigenvalue weighted by Gasteiger charge is -2.23. The highest BCUT2D eigenvalue weighted by atomic mass is 14.7. The van der Waals surface area contributed by atoms with E-state index in [-0.39, 0.29) is 6.04 Å². The maximum absolute atomic E-state index is 6.07. The molecule has 0 amide bonds. The Morgan fingerprint density at radius 3 is 2.92 bits per heavy atom. The lowest BCUT2D eigenvalue weighted by Crippen LogP contribution is -2.27. The van der Waals surface area contributed by atoms with Gasteiger partial charge in [-0.3, -0.25) is 0 Å². The summed E-state index contributed by atoms with van der Waals surface area (Å²) < 4.78 is 0. The Kier molecular flexibility index (Phi) is 1.27. The lowest BCUT2D eigenvalue weighted by molar-refractivity contribution is 0.719. The van der Waals surface area contributed by atoms with Gasteiger partial charge in [-0.2, -0.15) is 0 Å². The summed E-state index contributed by atoms with van der Waals surface area (Å²) in [6, 6.07) is 8.67. The molecule has 0 aromatic heterocycles. The van der Waals surface area contributed by atoms with E-state index in [0.29, 0.717) is 5.92 Å². The molecule has 0 radical (unpaired) electrons. The average molecular weight is 169 g/mol. The van der Waals surface area contributed by atoms with Crippen molar-refractivity contribution in [2.45, 2.75) is 12.0 Å². The molecule has 2 N–H and O–H groups in total. The second-order valence-electron chi connectivity index (χ2n) is 3.68. The summed E-state index contributed by atoms with van der Waals surface area (Å²) in [6.45, 7) is 0. The van der Waals surface area contributed by atoms with E-state index < -0.39 is 0 Å². The number of benzene rings is 1. The van der Waals surface area contributed by atoms with Crippen LogP contribution in [0.1, 0.15) is 17.0 Å². The molecule has 2 aliphatic rings. The summed E-state index contributed by atoms with van der Waals surface area (Å²) in [5.41, 5.74) is 10.0. The van der Waals surface area contributed by atoms with Crippen LogP contribution < -0.4 is 5.73 Å². The van der Waals surface area contributed by atoms with Crippen LogP contribution in [-0.4, -0.2) is 6.04 Å². The van der Waals surface area contributed by atoms with Crippen molar-refractivity contribution < 1.29 is 0 Å². The number of fused-ring (bicyclic) bond motifs is 4. The van der Waals surface area contributed by atoms with Crippen LogP contribution in [0.2, 0.25) is 0 Å². The monoisotopic (exact) mass is 169 g/mol. The largest absolute Gasteiger partial charge is 0.323 e. The minimum Gasteiger partial charge on any atom is -0.323 e. The minimum atomic E-state index is 0.190. The van der Waals surface area contributed by atoms with Gasteiger partial charge in [0.05, 0.1) is 0 Å². The van der Waals surface area contributed by atoms with Crippen molar-refractivity contribution in [1.82, 2.24) is 0 Å². The Morgan fingerprint density at radius 2 is 2.00 bits per heavy atom. The van der Waals surface area contributed by atoms with Crippen molar-refractivity contribution in [2.75, 3.05) is 0 Å². The van der Waals surface area contributed by atoms with E-state index in [1.54, 1.807) is 0 Å². The van der Waals surface area contributed by atoms with Crippen LogP contribution in [0.25, 0.3) is 6.08 Å². The summed E-state index contributed by atoms with van der Waals surface area (Å²) in [7, 11) is 0. The number of rotatable bonds is 0. The van der Waals surface area contributed by atoms with Crippen LogP contribution in [0, 0.1) is 0 Å². The van der Waals surface area contributed by atoms with Crippen molar-refractivity contribution in [3.63, 3.8) is 0 Å². The number of nitrogens with two attached hydrogens (primary N) is 1. The van der Waals surface area contributed by atoms with Crippen LogP contribution in [-0.2, 0) is 0 Å². The Hall–Kier alpha value is -1.34. The molecule has 13 heavy (non-hydrogen) atoms. The Morgan fingerprint density at radius 1 is 1.15 bits per heavy atom. The van der Waals surface area contributed by atoms with Crippen molar-refractivity contribution in [3.05, 3.63) is 53.1 Å². The highest BCUT2D eigenvalue weighted by molar-refractivity contribution is 5.69. The highest BCUT2D eigenvalue weighted by Crippen LogP contribution is 2.38. The van der Waals surface area contributed by atoms with E-state index in [0.717, 1.165) is 0 Å². The van der Waals surface area contributed by atoms with Crippen molar-refractivity contribution >= 4 is 6.08 Å². The first-order valence-electron chi connectivity index (χ1n) is 4.60. The van der Waals surface area contributed by atoms with E-state index in [1.165, 1.54) is 16.7 Å². The van der Waals surface area contributed by atoms with Crippen molar-refractivity contribution in [1.29, 1.82) is 0 Å². The molecule has 2 aliphatic carbocycles. The molecule has 0 spiro atoms. The molecule has 0 saturated heterocycles. The topological polar surface area (TPSA) is 26.0 Å². The fourth-order valence-electron chi connectivity index (χ4n) is 2.22. The van der Waals surface area contributed by atoms with E-state index in [1.807, 2.05) is 0 Å². The third-order valence-corrected chi connectivity index (χ3v) is 2.95. The first-order chi connectivity index (χ1) is 6.36. The molecular weight excluding hydrogens is 158 g/mol. The van der Waals surface area contributed by atoms with Gasteiger partial charge in [0.1, 0.15) is 0 Å². The van der Waals surface area contributed by atoms with Gasteiger partial charge in [-0.25, -0.2) is 0 Å². The van der Waals surface area contributed by atoms with Gasteiger partial charge < -0.3 is 5.73 Å². The summed E-state index contributed by atoms with van der Waals surface area (Å²) in [5.74, 6) is 0.413. The SMILES string of the molecule is NC1C2=Cc3ccccc3C1C=C2. The van der Waals surface area contributed by atoms with Crippen LogP contribution in [0.5, 0.6) is 0 Å². The average Bonchev–Trinajstić information content (AvgIpc) is 2.43. The van der Waals surface area contributed by atoms with Gasteiger partial charge in [0, 0.05) is 12.0 Å². The maximum Gasteiger partial charge on any atom is 0.0400 e. The number of hydrogen-bond acceptors (Lipinski definition) is 1. The summed E-state index contributed by atoms with van der Waals surface area (Å²) >= 11 is 0. The zero-order valence-corrected chi connectivity index (χ0v) is 7.27. The highest BCUT2D eigenvalue weighted by Gasteiger charge is 2.29.